The molecule has 2 saturated heterocycles. The van der Waals surface area contributed by atoms with Crippen molar-refractivity contribution in [1.29, 1.82) is 0 Å². The van der Waals surface area contributed by atoms with E-state index in [1.54, 1.807) is 4.68 Å². The first-order chi connectivity index (χ1) is 14.0. The highest BCUT2D eigenvalue weighted by atomic mass is 32.2. The van der Waals surface area contributed by atoms with E-state index in [4.69, 9.17) is 4.98 Å². The summed E-state index contributed by atoms with van der Waals surface area (Å²) >= 11 is 0. The summed E-state index contributed by atoms with van der Waals surface area (Å²) < 4.78 is 4.16. The van der Waals surface area contributed by atoms with E-state index < -0.39 is 0 Å². The molecule has 0 spiro atoms. The van der Waals surface area contributed by atoms with Gasteiger partial charge in [0.1, 0.15) is 5.82 Å². The van der Waals surface area contributed by atoms with Crippen molar-refractivity contribution >= 4 is 39.3 Å². The number of piperidine rings is 1. The SMILES string of the molecule is C=S(C)N1CCCN(c2ccc3c(C(=O)NC4CCNCC4)nn(C)c3n2)CC1. The van der Waals surface area contributed by atoms with E-state index in [1.807, 2.05) is 19.2 Å². The molecule has 1 unspecified atom stereocenters. The normalized spacial score (nSPS) is 20.6. The fourth-order valence-corrected chi connectivity index (χ4v) is 4.95. The van der Waals surface area contributed by atoms with Gasteiger partial charge in [0.05, 0.1) is 5.39 Å². The molecule has 2 N–H and O–H groups in total. The predicted octanol–water partition coefficient (Wildman–Crippen LogP) is 1.21. The largest absolute Gasteiger partial charge is 0.355 e. The highest BCUT2D eigenvalue weighted by molar-refractivity contribution is 8.11. The fourth-order valence-electron chi connectivity index (χ4n) is 4.12. The molecule has 2 aliphatic rings. The number of fused-ring (bicyclic) bond motifs is 1. The lowest BCUT2D eigenvalue weighted by atomic mass is 10.1. The summed E-state index contributed by atoms with van der Waals surface area (Å²) in [5, 5.41) is 11.8. The van der Waals surface area contributed by atoms with Crippen molar-refractivity contribution in [3.63, 3.8) is 0 Å². The minimum absolute atomic E-state index is 0.0579. The Kier molecular flexibility index (Phi) is 6.17. The molecule has 1 atom stereocenters. The van der Waals surface area contributed by atoms with E-state index in [9.17, 15) is 4.79 Å². The van der Waals surface area contributed by atoms with Gasteiger partial charge in [-0.3, -0.25) is 9.10 Å². The summed E-state index contributed by atoms with van der Waals surface area (Å²) in [5.41, 5.74) is 1.22. The highest BCUT2D eigenvalue weighted by Crippen LogP contribution is 2.23. The van der Waals surface area contributed by atoms with E-state index in [2.05, 4.69) is 37.1 Å². The number of aryl methyl sites for hydroxylation is 1. The van der Waals surface area contributed by atoms with E-state index in [1.165, 1.54) is 0 Å². The fraction of sp³-hybridized carbons (Fsp3) is 0.600. The van der Waals surface area contributed by atoms with E-state index in [-0.39, 0.29) is 22.6 Å². The van der Waals surface area contributed by atoms with Crippen molar-refractivity contribution in [1.82, 2.24) is 29.7 Å². The van der Waals surface area contributed by atoms with Gasteiger partial charge >= 0.3 is 0 Å². The minimum atomic E-state index is -0.104. The van der Waals surface area contributed by atoms with Gasteiger partial charge in [0, 0.05) is 39.3 Å². The molecule has 2 fully saturated rings. The molecular weight excluding hydrogens is 386 g/mol. The molecule has 29 heavy (non-hydrogen) atoms. The molecule has 4 rings (SSSR count). The predicted molar refractivity (Wildman–Crippen MR) is 121 cm³/mol. The quantitative estimate of drug-likeness (QED) is 0.728. The molecule has 0 saturated carbocycles. The zero-order chi connectivity index (χ0) is 20.4. The van der Waals surface area contributed by atoms with Crippen LogP contribution >= 0.6 is 10.7 Å². The van der Waals surface area contributed by atoms with E-state index >= 15 is 0 Å². The zero-order valence-corrected chi connectivity index (χ0v) is 18.2. The number of aromatic nitrogens is 3. The Balaban J connectivity index is 1.53. The minimum Gasteiger partial charge on any atom is -0.355 e. The number of carbonyl (C=O) groups excluding carboxylic acids is 1. The first-order valence-corrected chi connectivity index (χ1v) is 12.1. The van der Waals surface area contributed by atoms with Gasteiger partial charge in [-0.1, -0.05) is 5.87 Å². The van der Waals surface area contributed by atoms with E-state index in [0.717, 1.165) is 75.4 Å². The van der Waals surface area contributed by atoms with Crippen LogP contribution < -0.4 is 15.5 Å². The average molecular weight is 418 g/mol. The Bertz CT molecular complexity index is 906. The third-order valence-corrected chi connectivity index (χ3v) is 7.03. The number of amides is 1. The van der Waals surface area contributed by atoms with Gasteiger partial charge in [-0.05, 0) is 50.7 Å². The van der Waals surface area contributed by atoms with Gasteiger partial charge in [0.2, 0.25) is 0 Å². The lowest BCUT2D eigenvalue weighted by Crippen LogP contribution is -2.42. The van der Waals surface area contributed by atoms with Gasteiger partial charge in [-0.25, -0.2) is 9.67 Å². The molecule has 8 nitrogen and oxygen atoms in total. The lowest BCUT2D eigenvalue weighted by molar-refractivity contribution is 0.0925. The number of carbonyl (C=O) groups is 1. The first kappa shape index (κ1) is 20.3. The van der Waals surface area contributed by atoms with Crippen molar-refractivity contribution in [3.8, 4) is 0 Å². The van der Waals surface area contributed by atoms with Crippen molar-refractivity contribution in [2.75, 3.05) is 50.4 Å². The number of rotatable bonds is 4. The van der Waals surface area contributed by atoms with Crippen LogP contribution in [0.3, 0.4) is 0 Å². The zero-order valence-electron chi connectivity index (χ0n) is 17.4. The van der Waals surface area contributed by atoms with Crippen LogP contribution in [-0.4, -0.2) is 82.4 Å². The van der Waals surface area contributed by atoms with Gasteiger partial charge in [-0.2, -0.15) is 5.10 Å². The molecule has 1 amide bonds. The molecular formula is C20H31N7OS. The van der Waals surface area contributed by atoms with Gasteiger partial charge in [0.15, 0.2) is 11.3 Å². The standard InChI is InChI=1S/C20H31N7OS/c1-25-19-16(18(24-25)20(28)22-15-7-9-21-10-8-15)5-6-17(23-19)26-11-4-12-27(14-13-26)29(2)3/h5-6,15,21H,2,4,7-14H2,1,3H3,(H,22,28). The summed E-state index contributed by atoms with van der Waals surface area (Å²) in [4.78, 5) is 20.0. The molecule has 0 aromatic carbocycles. The molecule has 9 heteroatoms. The number of hydrogen-bond acceptors (Lipinski definition) is 6. The second kappa shape index (κ2) is 8.81. The number of nitrogens with one attached hydrogen (secondary N) is 2. The Morgan fingerprint density at radius 3 is 2.79 bits per heavy atom. The summed E-state index contributed by atoms with van der Waals surface area (Å²) in [5.74, 6) is 5.03. The number of pyridine rings is 1. The number of nitrogens with zero attached hydrogens (tertiary/aromatic N) is 5. The smallest absolute Gasteiger partial charge is 0.272 e. The van der Waals surface area contributed by atoms with Gasteiger partial charge in [-0.15, -0.1) is 10.7 Å². The maximum absolute atomic E-state index is 12.8. The van der Waals surface area contributed by atoms with Crippen molar-refractivity contribution < 1.29 is 4.79 Å². The van der Waals surface area contributed by atoms with Gasteiger partial charge in [0.25, 0.3) is 5.91 Å². The summed E-state index contributed by atoms with van der Waals surface area (Å²) in [7, 11) is 1.92. The molecule has 0 bridgehead atoms. The van der Waals surface area contributed by atoms with Crippen LogP contribution in [0.15, 0.2) is 12.1 Å². The number of anilines is 1. The summed E-state index contributed by atoms with van der Waals surface area (Å²) in [6.45, 7) is 5.88. The van der Waals surface area contributed by atoms with Crippen LogP contribution in [-0.2, 0) is 7.05 Å². The van der Waals surface area contributed by atoms with Crippen LogP contribution in [0.4, 0.5) is 5.82 Å². The first-order valence-electron chi connectivity index (χ1n) is 10.3. The van der Waals surface area contributed by atoms with E-state index in [0.29, 0.717) is 5.69 Å². The lowest BCUT2D eigenvalue weighted by Gasteiger charge is -2.23. The molecule has 2 aromatic heterocycles. The maximum Gasteiger partial charge on any atom is 0.272 e. The van der Waals surface area contributed by atoms with Crippen molar-refractivity contribution in [2.45, 2.75) is 25.3 Å². The van der Waals surface area contributed by atoms with Crippen LogP contribution in [0.25, 0.3) is 11.0 Å². The van der Waals surface area contributed by atoms with Crippen molar-refractivity contribution in [2.24, 2.45) is 7.05 Å². The van der Waals surface area contributed by atoms with Crippen LogP contribution in [0.5, 0.6) is 0 Å². The van der Waals surface area contributed by atoms with Crippen LogP contribution in [0.1, 0.15) is 29.8 Å². The topological polar surface area (TPSA) is 78.3 Å². The molecule has 0 radical (unpaired) electrons. The monoisotopic (exact) mass is 417 g/mol. The third kappa shape index (κ3) is 4.46. The second-order valence-corrected chi connectivity index (χ2v) is 9.60. The molecule has 158 valence electrons. The molecule has 2 aromatic rings. The molecule has 4 heterocycles. The Labute approximate surface area is 174 Å². The second-order valence-electron chi connectivity index (χ2n) is 7.88. The van der Waals surface area contributed by atoms with Gasteiger partial charge < -0.3 is 15.5 Å². The highest BCUT2D eigenvalue weighted by Gasteiger charge is 2.23. The Morgan fingerprint density at radius 2 is 2.03 bits per heavy atom. The maximum atomic E-state index is 12.8. The Morgan fingerprint density at radius 1 is 1.24 bits per heavy atom. The van der Waals surface area contributed by atoms with Crippen LogP contribution in [0.2, 0.25) is 0 Å². The third-order valence-electron chi connectivity index (χ3n) is 5.78. The molecule has 0 aliphatic carbocycles. The summed E-state index contributed by atoms with van der Waals surface area (Å²) in [6.07, 6.45) is 5.18. The summed E-state index contributed by atoms with van der Waals surface area (Å²) in [6, 6.07) is 4.23. The average Bonchev–Trinajstić information content (AvgIpc) is 2.90. The number of hydrogen-bond donors (Lipinski definition) is 2. The van der Waals surface area contributed by atoms with Crippen molar-refractivity contribution in [3.05, 3.63) is 17.8 Å². The molecule has 2 aliphatic heterocycles. The Hall–Kier alpha value is -1.97. The van der Waals surface area contributed by atoms with Crippen LogP contribution in [0, 0.1) is 0 Å².